The molecule has 1 atom stereocenters. The van der Waals surface area contributed by atoms with Crippen molar-refractivity contribution in [2.45, 2.75) is 39.7 Å². The van der Waals surface area contributed by atoms with Gasteiger partial charge in [0.1, 0.15) is 5.82 Å². The molecule has 1 aliphatic rings. The second kappa shape index (κ2) is 6.49. The van der Waals surface area contributed by atoms with Gasteiger partial charge in [-0.15, -0.1) is 0 Å². The summed E-state index contributed by atoms with van der Waals surface area (Å²) in [6.07, 6.45) is 2.15. The first-order chi connectivity index (χ1) is 9.13. The Bertz CT molecular complexity index is 404. The fourth-order valence-electron chi connectivity index (χ4n) is 2.98. The van der Waals surface area contributed by atoms with E-state index in [0.717, 1.165) is 43.7 Å². The molecule has 0 radical (unpaired) electrons. The van der Waals surface area contributed by atoms with E-state index in [0.29, 0.717) is 12.0 Å². The van der Waals surface area contributed by atoms with Gasteiger partial charge < -0.3 is 10.1 Å². The molecule has 106 valence electrons. The van der Waals surface area contributed by atoms with Crippen LogP contribution in [0.4, 0.5) is 4.39 Å². The van der Waals surface area contributed by atoms with E-state index < -0.39 is 0 Å². The van der Waals surface area contributed by atoms with E-state index >= 15 is 0 Å². The summed E-state index contributed by atoms with van der Waals surface area (Å²) >= 11 is 0. The number of rotatable bonds is 4. The topological polar surface area (TPSA) is 21.3 Å². The van der Waals surface area contributed by atoms with Crippen LogP contribution in [-0.2, 0) is 4.74 Å². The van der Waals surface area contributed by atoms with Crippen molar-refractivity contribution in [1.29, 1.82) is 0 Å². The predicted octanol–water partition coefficient (Wildman–Crippen LogP) is 3.52. The van der Waals surface area contributed by atoms with E-state index in [-0.39, 0.29) is 5.82 Å². The van der Waals surface area contributed by atoms with Gasteiger partial charge in [0, 0.05) is 19.3 Å². The molecule has 0 bridgehead atoms. The molecule has 1 N–H and O–H groups in total. The summed E-state index contributed by atoms with van der Waals surface area (Å²) in [5, 5.41) is 3.56. The van der Waals surface area contributed by atoms with Crippen molar-refractivity contribution < 1.29 is 9.13 Å². The Balaban J connectivity index is 2.27. The summed E-state index contributed by atoms with van der Waals surface area (Å²) in [6.45, 7) is 8.42. The molecule has 0 spiro atoms. The van der Waals surface area contributed by atoms with Gasteiger partial charge in [-0.05, 0) is 55.8 Å². The molecule has 1 aromatic rings. The smallest absolute Gasteiger partial charge is 0.129 e. The van der Waals surface area contributed by atoms with Crippen molar-refractivity contribution in [2.24, 2.45) is 5.92 Å². The zero-order valence-corrected chi connectivity index (χ0v) is 12.1. The fraction of sp³-hybridized carbons (Fsp3) is 0.625. The molecule has 3 heteroatoms. The zero-order chi connectivity index (χ0) is 13.8. The summed E-state index contributed by atoms with van der Waals surface area (Å²) in [7, 11) is 0. The Morgan fingerprint density at radius 1 is 1.26 bits per heavy atom. The second-order valence-electron chi connectivity index (χ2n) is 5.45. The molecule has 1 fully saturated rings. The number of aryl methyl sites for hydroxylation is 2. The van der Waals surface area contributed by atoms with Crippen LogP contribution in [0.3, 0.4) is 0 Å². The van der Waals surface area contributed by atoms with Gasteiger partial charge >= 0.3 is 0 Å². The molecule has 1 heterocycles. The van der Waals surface area contributed by atoms with Crippen LogP contribution in [0.15, 0.2) is 12.1 Å². The third-order valence-electron chi connectivity index (χ3n) is 3.98. The van der Waals surface area contributed by atoms with Gasteiger partial charge in [-0.3, -0.25) is 0 Å². The van der Waals surface area contributed by atoms with Crippen molar-refractivity contribution in [2.75, 3.05) is 19.8 Å². The number of benzene rings is 1. The van der Waals surface area contributed by atoms with E-state index in [4.69, 9.17) is 4.74 Å². The van der Waals surface area contributed by atoms with E-state index in [1.807, 2.05) is 26.0 Å². The Hall–Kier alpha value is -0.930. The van der Waals surface area contributed by atoms with Gasteiger partial charge in [-0.2, -0.15) is 0 Å². The first kappa shape index (κ1) is 14.5. The summed E-state index contributed by atoms with van der Waals surface area (Å²) in [6, 6.07) is 4.29. The number of halogens is 1. The largest absolute Gasteiger partial charge is 0.381 e. The van der Waals surface area contributed by atoms with Gasteiger partial charge in [0.15, 0.2) is 0 Å². The van der Waals surface area contributed by atoms with Crippen LogP contribution < -0.4 is 5.32 Å². The van der Waals surface area contributed by atoms with Crippen molar-refractivity contribution >= 4 is 0 Å². The van der Waals surface area contributed by atoms with Crippen LogP contribution in [0, 0.1) is 25.6 Å². The molecule has 2 nitrogen and oxygen atoms in total. The third-order valence-corrected chi connectivity index (χ3v) is 3.98. The molecule has 1 unspecified atom stereocenters. The average Bonchev–Trinajstić information content (AvgIpc) is 2.42. The van der Waals surface area contributed by atoms with E-state index in [9.17, 15) is 4.39 Å². The summed E-state index contributed by atoms with van der Waals surface area (Å²) in [4.78, 5) is 0. The van der Waals surface area contributed by atoms with E-state index in [2.05, 4.69) is 12.2 Å². The average molecular weight is 265 g/mol. The Morgan fingerprint density at radius 3 is 2.37 bits per heavy atom. The molecule has 0 amide bonds. The van der Waals surface area contributed by atoms with Crippen molar-refractivity contribution in [3.8, 4) is 0 Å². The van der Waals surface area contributed by atoms with E-state index in [1.54, 1.807) is 0 Å². The van der Waals surface area contributed by atoms with Crippen molar-refractivity contribution in [3.63, 3.8) is 0 Å². The number of hydrogen-bond acceptors (Lipinski definition) is 2. The Kier molecular flexibility index (Phi) is 4.94. The third kappa shape index (κ3) is 3.34. The molecule has 1 aromatic carbocycles. The zero-order valence-electron chi connectivity index (χ0n) is 12.1. The predicted molar refractivity (Wildman–Crippen MR) is 75.8 cm³/mol. The minimum atomic E-state index is -0.0778. The molecule has 0 aromatic heterocycles. The highest BCUT2D eigenvalue weighted by molar-refractivity contribution is 5.32. The minimum Gasteiger partial charge on any atom is -0.381 e. The van der Waals surface area contributed by atoms with Crippen LogP contribution in [0.25, 0.3) is 0 Å². The maximum Gasteiger partial charge on any atom is 0.129 e. The Morgan fingerprint density at radius 2 is 1.84 bits per heavy atom. The molecule has 2 rings (SSSR count). The molecule has 1 saturated heterocycles. The molecule has 0 aliphatic carbocycles. The lowest BCUT2D eigenvalue weighted by molar-refractivity contribution is 0.0538. The molecule has 1 aliphatic heterocycles. The lowest BCUT2D eigenvalue weighted by Crippen LogP contribution is -2.32. The summed E-state index contributed by atoms with van der Waals surface area (Å²) in [5.74, 6) is 0.504. The van der Waals surface area contributed by atoms with Gasteiger partial charge in [0.2, 0.25) is 0 Å². The standard InChI is InChI=1S/C16H24FNO/c1-4-18-16(13-5-7-19-8-6-13)14-9-11(2)15(17)12(3)10-14/h9-10,13,16,18H,4-8H2,1-3H3. The van der Waals surface area contributed by atoms with Crippen LogP contribution in [0.5, 0.6) is 0 Å². The molecule has 0 saturated carbocycles. The van der Waals surface area contributed by atoms with Crippen LogP contribution in [0.1, 0.15) is 42.5 Å². The SMILES string of the molecule is CCNC(c1cc(C)c(F)c(C)c1)C1CCOCC1. The quantitative estimate of drug-likeness (QED) is 0.899. The van der Waals surface area contributed by atoms with E-state index in [1.165, 1.54) is 5.56 Å². The van der Waals surface area contributed by atoms with Crippen molar-refractivity contribution in [1.82, 2.24) is 5.32 Å². The van der Waals surface area contributed by atoms with Crippen molar-refractivity contribution in [3.05, 3.63) is 34.6 Å². The highest BCUT2D eigenvalue weighted by Gasteiger charge is 2.25. The normalized spacial score (nSPS) is 18.5. The summed E-state index contributed by atoms with van der Waals surface area (Å²) in [5.41, 5.74) is 2.69. The monoisotopic (exact) mass is 265 g/mol. The fourth-order valence-corrected chi connectivity index (χ4v) is 2.98. The molecular formula is C16H24FNO. The maximum absolute atomic E-state index is 13.8. The second-order valence-corrected chi connectivity index (χ2v) is 5.45. The minimum absolute atomic E-state index is 0.0778. The van der Waals surface area contributed by atoms with Crippen LogP contribution in [0.2, 0.25) is 0 Å². The Labute approximate surface area is 115 Å². The molecular weight excluding hydrogens is 241 g/mol. The van der Waals surface area contributed by atoms with Gasteiger partial charge in [0.25, 0.3) is 0 Å². The first-order valence-electron chi connectivity index (χ1n) is 7.21. The number of hydrogen-bond donors (Lipinski definition) is 1. The maximum atomic E-state index is 13.8. The lowest BCUT2D eigenvalue weighted by Gasteiger charge is -2.31. The summed E-state index contributed by atoms with van der Waals surface area (Å²) < 4.78 is 19.2. The van der Waals surface area contributed by atoms with Crippen LogP contribution >= 0.6 is 0 Å². The number of nitrogens with one attached hydrogen (secondary N) is 1. The highest BCUT2D eigenvalue weighted by Crippen LogP contribution is 2.31. The lowest BCUT2D eigenvalue weighted by atomic mass is 9.86. The molecule has 19 heavy (non-hydrogen) atoms. The van der Waals surface area contributed by atoms with Gasteiger partial charge in [0.05, 0.1) is 0 Å². The highest BCUT2D eigenvalue weighted by atomic mass is 19.1. The number of ether oxygens (including phenoxy) is 1. The van der Waals surface area contributed by atoms with Gasteiger partial charge in [-0.25, -0.2) is 4.39 Å². The first-order valence-corrected chi connectivity index (χ1v) is 7.21. The van der Waals surface area contributed by atoms with Crippen LogP contribution in [-0.4, -0.2) is 19.8 Å². The van der Waals surface area contributed by atoms with Gasteiger partial charge in [-0.1, -0.05) is 19.1 Å².